The molecule has 5 nitrogen and oxygen atoms in total. The van der Waals surface area contributed by atoms with Gasteiger partial charge in [0.25, 0.3) is 5.89 Å². The van der Waals surface area contributed by atoms with Gasteiger partial charge in [-0.05, 0) is 13.3 Å². The summed E-state index contributed by atoms with van der Waals surface area (Å²) in [7, 11) is 0. The van der Waals surface area contributed by atoms with Crippen LogP contribution < -0.4 is 5.73 Å². The maximum absolute atomic E-state index is 5.38. The molecule has 15 heavy (non-hydrogen) atoms. The molecule has 0 saturated heterocycles. The van der Waals surface area contributed by atoms with Crippen LogP contribution in [0, 0.1) is 6.92 Å². The van der Waals surface area contributed by atoms with E-state index in [0.717, 1.165) is 23.5 Å². The van der Waals surface area contributed by atoms with E-state index in [1.807, 2.05) is 6.92 Å². The maximum Gasteiger partial charge on any atom is 0.313 e. The highest BCUT2D eigenvalue weighted by molar-refractivity contribution is 7.12. The standard InChI is InChI=1S/C9H12N4OS/c1-3-4-6-7(11-5(2)15-6)8-12-13-9(10)14-8/h3-4H2,1-2H3,(H2,10,13). The first-order valence-corrected chi connectivity index (χ1v) is 5.58. The van der Waals surface area contributed by atoms with E-state index in [1.165, 1.54) is 4.88 Å². The van der Waals surface area contributed by atoms with Crippen LogP contribution in [0.4, 0.5) is 6.01 Å². The molecule has 0 aliphatic rings. The number of aryl methyl sites for hydroxylation is 2. The normalized spacial score (nSPS) is 10.8. The minimum atomic E-state index is 0.0816. The topological polar surface area (TPSA) is 77.8 Å². The number of thiazole rings is 1. The van der Waals surface area contributed by atoms with Crippen molar-refractivity contribution in [2.75, 3.05) is 5.73 Å². The van der Waals surface area contributed by atoms with Gasteiger partial charge in [0.2, 0.25) is 0 Å². The third-order valence-corrected chi connectivity index (χ3v) is 2.96. The monoisotopic (exact) mass is 224 g/mol. The van der Waals surface area contributed by atoms with Crippen LogP contribution in [-0.2, 0) is 6.42 Å². The van der Waals surface area contributed by atoms with Gasteiger partial charge in [0.15, 0.2) is 0 Å². The lowest BCUT2D eigenvalue weighted by molar-refractivity contribution is 0.587. The Kier molecular flexibility index (Phi) is 2.68. The van der Waals surface area contributed by atoms with Gasteiger partial charge in [-0.3, -0.25) is 0 Å². The summed E-state index contributed by atoms with van der Waals surface area (Å²) in [5, 5.41) is 8.48. The van der Waals surface area contributed by atoms with Crippen molar-refractivity contribution in [1.82, 2.24) is 15.2 Å². The molecule has 6 heteroatoms. The van der Waals surface area contributed by atoms with Crippen molar-refractivity contribution in [3.63, 3.8) is 0 Å². The fourth-order valence-corrected chi connectivity index (χ4v) is 2.39. The summed E-state index contributed by atoms with van der Waals surface area (Å²) < 4.78 is 5.17. The molecule has 0 unspecified atom stereocenters. The van der Waals surface area contributed by atoms with Crippen LogP contribution in [0.3, 0.4) is 0 Å². The van der Waals surface area contributed by atoms with E-state index in [-0.39, 0.29) is 6.01 Å². The first kappa shape index (κ1) is 10.1. The number of rotatable bonds is 3. The van der Waals surface area contributed by atoms with Gasteiger partial charge in [-0.1, -0.05) is 18.4 Å². The van der Waals surface area contributed by atoms with E-state index in [4.69, 9.17) is 10.2 Å². The summed E-state index contributed by atoms with van der Waals surface area (Å²) in [5.74, 6) is 0.417. The van der Waals surface area contributed by atoms with Gasteiger partial charge in [-0.2, -0.15) is 0 Å². The number of nitrogen functional groups attached to an aromatic ring is 1. The molecule has 0 aliphatic heterocycles. The van der Waals surface area contributed by atoms with Crippen molar-refractivity contribution in [1.29, 1.82) is 0 Å². The van der Waals surface area contributed by atoms with Crippen LogP contribution in [-0.4, -0.2) is 15.2 Å². The molecule has 0 bridgehead atoms. The Morgan fingerprint density at radius 2 is 2.20 bits per heavy atom. The van der Waals surface area contributed by atoms with Crippen LogP contribution in [0.5, 0.6) is 0 Å². The summed E-state index contributed by atoms with van der Waals surface area (Å²) in [4.78, 5) is 5.56. The molecule has 0 fully saturated rings. The Labute approximate surface area is 91.4 Å². The van der Waals surface area contributed by atoms with Crippen LogP contribution in [0.2, 0.25) is 0 Å². The molecule has 0 atom stereocenters. The highest BCUT2D eigenvalue weighted by Crippen LogP contribution is 2.28. The van der Waals surface area contributed by atoms with Crippen molar-refractivity contribution in [3.8, 4) is 11.6 Å². The molecule has 2 N–H and O–H groups in total. The van der Waals surface area contributed by atoms with E-state index >= 15 is 0 Å². The number of anilines is 1. The van der Waals surface area contributed by atoms with Gasteiger partial charge < -0.3 is 10.2 Å². The van der Waals surface area contributed by atoms with E-state index in [0.29, 0.717) is 5.89 Å². The zero-order valence-corrected chi connectivity index (χ0v) is 9.47. The molecular weight excluding hydrogens is 212 g/mol. The molecule has 0 aromatic carbocycles. The van der Waals surface area contributed by atoms with Crippen molar-refractivity contribution in [2.45, 2.75) is 26.7 Å². The molecule has 0 aliphatic carbocycles. The molecule has 0 spiro atoms. The first-order chi connectivity index (χ1) is 7.20. The maximum atomic E-state index is 5.38. The Hall–Kier alpha value is -1.43. The summed E-state index contributed by atoms with van der Waals surface area (Å²) in [6.07, 6.45) is 2.04. The SMILES string of the molecule is CCCc1sc(C)nc1-c1nnc(N)o1. The summed E-state index contributed by atoms with van der Waals surface area (Å²) in [5.41, 5.74) is 6.16. The minimum Gasteiger partial charge on any atom is -0.402 e. The first-order valence-electron chi connectivity index (χ1n) is 4.76. The van der Waals surface area contributed by atoms with Crippen LogP contribution >= 0.6 is 11.3 Å². The molecular formula is C9H12N4OS. The smallest absolute Gasteiger partial charge is 0.313 e. The van der Waals surface area contributed by atoms with Crippen molar-refractivity contribution in [3.05, 3.63) is 9.88 Å². The highest BCUT2D eigenvalue weighted by Gasteiger charge is 2.15. The fourth-order valence-electron chi connectivity index (χ4n) is 1.36. The van der Waals surface area contributed by atoms with Crippen LogP contribution in [0.1, 0.15) is 23.2 Å². The molecule has 2 heterocycles. The van der Waals surface area contributed by atoms with E-state index in [1.54, 1.807) is 11.3 Å². The summed E-state index contributed by atoms with van der Waals surface area (Å²) >= 11 is 1.66. The lowest BCUT2D eigenvalue weighted by Crippen LogP contribution is -1.85. The summed E-state index contributed by atoms with van der Waals surface area (Å²) in [6.45, 7) is 4.09. The fraction of sp³-hybridized carbons (Fsp3) is 0.444. The number of nitrogens with two attached hydrogens (primary N) is 1. The number of hydrogen-bond acceptors (Lipinski definition) is 6. The average Bonchev–Trinajstić information content (AvgIpc) is 2.73. The van der Waals surface area contributed by atoms with Crippen molar-refractivity contribution in [2.24, 2.45) is 0 Å². The average molecular weight is 224 g/mol. The van der Waals surface area contributed by atoms with Crippen molar-refractivity contribution >= 4 is 17.4 Å². The predicted octanol–water partition coefficient (Wildman–Crippen LogP) is 2.04. The third kappa shape index (κ3) is 1.99. The van der Waals surface area contributed by atoms with Gasteiger partial charge in [0, 0.05) is 4.88 Å². The molecule has 0 saturated carbocycles. The quantitative estimate of drug-likeness (QED) is 0.863. The van der Waals surface area contributed by atoms with Gasteiger partial charge in [-0.15, -0.1) is 16.4 Å². The molecule has 80 valence electrons. The van der Waals surface area contributed by atoms with Crippen molar-refractivity contribution < 1.29 is 4.42 Å². The Morgan fingerprint density at radius 3 is 2.80 bits per heavy atom. The molecule has 0 radical (unpaired) electrons. The molecule has 2 aromatic rings. The van der Waals surface area contributed by atoms with Crippen LogP contribution in [0.25, 0.3) is 11.6 Å². The van der Waals surface area contributed by atoms with E-state index < -0.39 is 0 Å². The number of aromatic nitrogens is 3. The van der Waals surface area contributed by atoms with Gasteiger partial charge >= 0.3 is 6.01 Å². The van der Waals surface area contributed by atoms with Crippen LogP contribution in [0.15, 0.2) is 4.42 Å². The molecule has 2 aromatic heterocycles. The van der Waals surface area contributed by atoms with Gasteiger partial charge in [0.1, 0.15) is 5.69 Å². The zero-order chi connectivity index (χ0) is 10.8. The predicted molar refractivity (Wildman–Crippen MR) is 58.6 cm³/mol. The molecule has 2 rings (SSSR count). The Balaban J connectivity index is 2.42. The minimum absolute atomic E-state index is 0.0816. The van der Waals surface area contributed by atoms with Gasteiger partial charge in [-0.25, -0.2) is 4.98 Å². The van der Waals surface area contributed by atoms with E-state index in [2.05, 4.69) is 22.1 Å². The second kappa shape index (κ2) is 3.98. The second-order valence-corrected chi connectivity index (χ2v) is 4.49. The largest absolute Gasteiger partial charge is 0.402 e. The number of hydrogen-bond donors (Lipinski definition) is 1. The number of nitrogens with zero attached hydrogens (tertiary/aromatic N) is 3. The highest BCUT2D eigenvalue weighted by atomic mass is 32.1. The summed E-state index contributed by atoms with van der Waals surface area (Å²) in [6, 6.07) is 0.0816. The Bertz CT molecular complexity index is 462. The second-order valence-electron chi connectivity index (χ2n) is 3.20. The third-order valence-electron chi connectivity index (χ3n) is 1.92. The zero-order valence-electron chi connectivity index (χ0n) is 8.65. The lowest BCUT2D eigenvalue weighted by Gasteiger charge is -1.93. The lowest BCUT2D eigenvalue weighted by atomic mass is 10.2. The molecule has 0 amide bonds. The van der Waals surface area contributed by atoms with Gasteiger partial charge in [0.05, 0.1) is 5.01 Å². The Morgan fingerprint density at radius 1 is 1.40 bits per heavy atom. The van der Waals surface area contributed by atoms with E-state index in [9.17, 15) is 0 Å².